The Balaban J connectivity index is 0.00000106. The standard InChI is InChI=1S/C21H17N5O2.C2H6/c1-28-20(27)21(12-6-8-13(22)9-7-12)16-11-23-19-18(16)15(10-24-26-19)14-4-2-3-5-17(14)25-21;1-2/h2-11,25H,22H2,1H3,(H,23,26);1-2H3. The number of H-pyrrole nitrogens is 1. The molecular weight excluding hydrogens is 378 g/mol. The molecule has 5 rings (SSSR count). The Hall–Kier alpha value is -3.87. The zero-order chi connectivity index (χ0) is 21.3. The van der Waals surface area contributed by atoms with Gasteiger partial charge in [-0.15, -0.1) is 5.10 Å². The number of ether oxygens (including phenoxy) is 1. The fourth-order valence-corrected chi connectivity index (χ4v) is 3.96. The van der Waals surface area contributed by atoms with Gasteiger partial charge in [0.05, 0.1) is 13.3 Å². The molecule has 1 atom stereocenters. The number of aromatic nitrogens is 3. The van der Waals surface area contributed by atoms with Crippen LogP contribution in [-0.2, 0) is 15.1 Å². The van der Waals surface area contributed by atoms with Gasteiger partial charge in [0.25, 0.3) is 0 Å². The van der Waals surface area contributed by atoms with Gasteiger partial charge in [0, 0.05) is 39.6 Å². The minimum Gasteiger partial charge on any atom is -0.467 e. The number of anilines is 2. The summed E-state index contributed by atoms with van der Waals surface area (Å²) in [5.41, 5.74) is 9.90. The van der Waals surface area contributed by atoms with Crippen LogP contribution >= 0.6 is 0 Å². The summed E-state index contributed by atoms with van der Waals surface area (Å²) in [6.07, 6.45) is 3.51. The number of nitrogens with zero attached hydrogens (tertiary/aromatic N) is 2. The van der Waals surface area contributed by atoms with E-state index in [0.717, 1.165) is 27.8 Å². The fraction of sp³-hybridized carbons (Fsp3) is 0.174. The number of para-hydroxylation sites is 1. The highest BCUT2D eigenvalue weighted by molar-refractivity contribution is 6.06. The first-order valence-corrected chi connectivity index (χ1v) is 9.80. The van der Waals surface area contributed by atoms with E-state index in [9.17, 15) is 4.79 Å². The first-order valence-electron chi connectivity index (χ1n) is 9.80. The van der Waals surface area contributed by atoms with Crippen LogP contribution in [0.15, 0.2) is 60.9 Å². The van der Waals surface area contributed by atoms with Crippen molar-refractivity contribution in [2.75, 3.05) is 18.2 Å². The predicted molar refractivity (Wildman–Crippen MR) is 118 cm³/mol. The van der Waals surface area contributed by atoms with Gasteiger partial charge < -0.3 is 20.8 Å². The minimum absolute atomic E-state index is 0.433. The number of rotatable bonds is 2. The summed E-state index contributed by atoms with van der Waals surface area (Å²) in [7, 11) is 1.38. The molecule has 1 unspecified atom stereocenters. The van der Waals surface area contributed by atoms with Gasteiger partial charge >= 0.3 is 5.97 Å². The average Bonchev–Trinajstić information content (AvgIpc) is 3.18. The summed E-state index contributed by atoms with van der Waals surface area (Å²) in [5, 5.41) is 12.6. The molecule has 0 spiro atoms. The Kier molecular flexibility index (Phi) is 4.87. The van der Waals surface area contributed by atoms with E-state index in [-0.39, 0.29) is 0 Å². The predicted octanol–water partition coefficient (Wildman–Crippen LogP) is 4.08. The van der Waals surface area contributed by atoms with E-state index in [4.69, 9.17) is 10.5 Å². The van der Waals surface area contributed by atoms with Crippen molar-refractivity contribution < 1.29 is 9.53 Å². The molecule has 2 aromatic heterocycles. The molecule has 0 saturated heterocycles. The SMILES string of the molecule is CC.COC(=O)C1(c2ccc(N)cc2)Nc2ccccc2-c2cnnc3[nH]cc1c23. The lowest BCUT2D eigenvalue weighted by atomic mass is 9.82. The van der Waals surface area contributed by atoms with E-state index in [1.165, 1.54) is 7.11 Å². The third-order valence-electron chi connectivity index (χ3n) is 5.25. The molecule has 7 heteroatoms. The summed E-state index contributed by atoms with van der Waals surface area (Å²) in [6, 6.07) is 15.0. The fourth-order valence-electron chi connectivity index (χ4n) is 3.96. The Labute approximate surface area is 174 Å². The van der Waals surface area contributed by atoms with Crippen LogP contribution in [-0.4, -0.2) is 28.3 Å². The van der Waals surface area contributed by atoms with E-state index >= 15 is 0 Å². The number of carbonyl (C=O) groups is 1. The maximum atomic E-state index is 13.3. The molecule has 3 heterocycles. The van der Waals surface area contributed by atoms with E-state index in [0.29, 0.717) is 16.9 Å². The van der Waals surface area contributed by atoms with E-state index in [2.05, 4.69) is 20.5 Å². The summed E-state index contributed by atoms with van der Waals surface area (Å²) in [5.74, 6) is -0.433. The van der Waals surface area contributed by atoms with Crippen molar-refractivity contribution in [2.24, 2.45) is 0 Å². The van der Waals surface area contributed by atoms with E-state index in [1.807, 2.05) is 50.2 Å². The zero-order valence-corrected chi connectivity index (χ0v) is 17.1. The number of esters is 1. The lowest BCUT2D eigenvalue weighted by Gasteiger charge is -2.33. The number of nitrogens with one attached hydrogen (secondary N) is 2. The molecule has 4 aromatic rings. The topological polar surface area (TPSA) is 106 Å². The molecule has 0 radical (unpaired) electrons. The number of fused-ring (bicyclic) bond motifs is 2. The van der Waals surface area contributed by atoms with Crippen molar-refractivity contribution in [3.05, 3.63) is 72.1 Å². The van der Waals surface area contributed by atoms with Crippen LogP contribution in [0.4, 0.5) is 11.4 Å². The van der Waals surface area contributed by atoms with Crippen LogP contribution in [0.3, 0.4) is 0 Å². The van der Waals surface area contributed by atoms with Crippen LogP contribution in [0, 0.1) is 0 Å². The van der Waals surface area contributed by atoms with Crippen LogP contribution in [0.1, 0.15) is 25.0 Å². The highest BCUT2D eigenvalue weighted by Gasteiger charge is 2.47. The van der Waals surface area contributed by atoms with Crippen molar-refractivity contribution in [2.45, 2.75) is 19.4 Å². The van der Waals surface area contributed by atoms with Crippen molar-refractivity contribution in [3.63, 3.8) is 0 Å². The lowest BCUT2D eigenvalue weighted by molar-refractivity contribution is -0.144. The summed E-state index contributed by atoms with van der Waals surface area (Å²) in [4.78, 5) is 16.5. The van der Waals surface area contributed by atoms with Crippen molar-refractivity contribution in [3.8, 4) is 11.1 Å². The number of benzene rings is 2. The largest absolute Gasteiger partial charge is 0.467 e. The van der Waals surface area contributed by atoms with Gasteiger partial charge in [-0.1, -0.05) is 44.2 Å². The molecule has 4 N–H and O–H groups in total. The molecule has 0 saturated carbocycles. The Bertz CT molecular complexity index is 1220. The molecule has 7 nitrogen and oxygen atoms in total. The quantitative estimate of drug-likeness (QED) is 0.345. The smallest absolute Gasteiger partial charge is 0.341 e. The van der Waals surface area contributed by atoms with Crippen molar-refractivity contribution in [1.29, 1.82) is 0 Å². The van der Waals surface area contributed by atoms with Gasteiger partial charge in [-0.05, 0) is 23.8 Å². The van der Waals surface area contributed by atoms with Crippen molar-refractivity contribution >= 4 is 28.4 Å². The van der Waals surface area contributed by atoms with Crippen LogP contribution in [0.5, 0.6) is 0 Å². The average molecular weight is 401 g/mol. The molecule has 30 heavy (non-hydrogen) atoms. The molecule has 152 valence electrons. The first-order chi connectivity index (χ1) is 14.6. The number of carbonyl (C=O) groups excluding carboxylic acids is 1. The Morgan fingerprint density at radius 3 is 2.53 bits per heavy atom. The second kappa shape index (κ2) is 7.51. The Morgan fingerprint density at radius 2 is 1.80 bits per heavy atom. The molecular formula is C23H23N5O2. The number of methoxy groups -OCH3 is 1. The molecule has 0 fully saturated rings. The van der Waals surface area contributed by atoms with Gasteiger partial charge in [0.2, 0.25) is 0 Å². The van der Waals surface area contributed by atoms with E-state index in [1.54, 1.807) is 24.5 Å². The van der Waals surface area contributed by atoms with Gasteiger partial charge in [-0.2, -0.15) is 5.10 Å². The number of hydrogen-bond acceptors (Lipinski definition) is 6. The first kappa shape index (κ1) is 19.4. The second-order valence-electron chi connectivity index (χ2n) is 6.72. The third kappa shape index (κ3) is 2.70. The lowest BCUT2D eigenvalue weighted by Crippen LogP contribution is -2.45. The molecule has 2 aromatic carbocycles. The van der Waals surface area contributed by atoms with Gasteiger partial charge in [0.15, 0.2) is 11.2 Å². The maximum Gasteiger partial charge on any atom is 0.341 e. The second-order valence-corrected chi connectivity index (χ2v) is 6.72. The molecule has 0 aliphatic carbocycles. The monoisotopic (exact) mass is 401 g/mol. The third-order valence-corrected chi connectivity index (χ3v) is 5.25. The zero-order valence-electron chi connectivity index (χ0n) is 17.1. The number of hydrogen-bond donors (Lipinski definition) is 3. The van der Waals surface area contributed by atoms with Crippen molar-refractivity contribution in [1.82, 2.24) is 15.2 Å². The molecule has 0 amide bonds. The summed E-state index contributed by atoms with van der Waals surface area (Å²) in [6.45, 7) is 4.00. The van der Waals surface area contributed by atoms with Gasteiger partial charge in [-0.3, -0.25) is 0 Å². The van der Waals surface area contributed by atoms with Gasteiger partial charge in [0.1, 0.15) is 0 Å². The Morgan fingerprint density at radius 1 is 1.07 bits per heavy atom. The maximum absolute atomic E-state index is 13.3. The normalized spacial score (nSPS) is 16.5. The highest BCUT2D eigenvalue weighted by atomic mass is 16.5. The minimum atomic E-state index is -1.27. The summed E-state index contributed by atoms with van der Waals surface area (Å²) < 4.78 is 5.28. The van der Waals surface area contributed by atoms with Crippen LogP contribution in [0.25, 0.3) is 22.2 Å². The van der Waals surface area contributed by atoms with Crippen LogP contribution in [0.2, 0.25) is 0 Å². The molecule has 0 bridgehead atoms. The molecule has 1 aliphatic rings. The molecule has 1 aliphatic heterocycles. The number of nitrogens with two attached hydrogens (primary N) is 1. The number of nitrogen functional groups attached to an aromatic ring is 1. The summed E-state index contributed by atoms with van der Waals surface area (Å²) >= 11 is 0. The van der Waals surface area contributed by atoms with Crippen LogP contribution < -0.4 is 11.1 Å². The van der Waals surface area contributed by atoms with Gasteiger partial charge in [-0.25, -0.2) is 4.79 Å². The van der Waals surface area contributed by atoms with E-state index < -0.39 is 11.5 Å². The number of aromatic amines is 1. The highest BCUT2D eigenvalue weighted by Crippen LogP contribution is 2.46.